The third-order valence-electron chi connectivity index (χ3n) is 1.55. The Hall–Kier alpha value is -0.610. The third kappa shape index (κ3) is 3.95. The summed E-state index contributed by atoms with van der Waals surface area (Å²) in [5.74, 6) is -1.01. The quantitative estimate of drug-likeness (QED) is 0.608. The maximum absolute atomic E-state index is 10.2. The third-order valence-corrected chi connectivity index (χ3v) is 1.55. The summed E-state index contributed by atoms with van der Waals surface area (Å²) in [6.07, 6.45) is 0.116. The highest BCUT2D eigenvalue weighted by Crippen LogP contribution is 2.14. The predicted molar refractivity (Wildman–Crippen MR) is 39.4 cm³/mol. The molecule has 0 aromatic heterocycles. The summed E-state index contributed by atoms with van der Waals surface area (Å²) in [4.78, 5) is 10.2. The molecule has 66 valence electrons. The predicted octanol–water partition coefficient (Wildman–Crippen LogP) is 0.249. The van der Waals surface area contributed by atoms with Gasteiger partial charge in [-0.3, -0.25) is 4.79 Å². The molecule has 0 rings (SSSR count). The van der Waals surface area contributed by atoms with Gasteiger partial charge in [0.05, 0.1) is 18.6 Å². The van der Waals surface area contributed by atoms with E-state index < -0.39 is 11.6 Å². The number of methoxy groups -OCH3 is 1. The van der Waals surface area contributed by atoms with E-state index >= 15 is 0 Å². The van der Waals surface area contributed by atoms with Crippen molar-refractivity contribution in [3.63, 3.8) is 0 Å². The molecule has 0 amide bonds. The first-order valence-corrected chi connectivity index (χ1v) is 3.47. The maximum atomic E-state index is 10.2. The summed E-state index contributed by atoms with van der Waals surface area (Å²) in [7, 11) is 1.43. The van der Waals surface area contributed by atoms with Crippen LogP contribution in [0.3, 0.4) is 0 Å². The van der Waals surface area contributed by atoms with E-state index in [1.54, 1.807) is 6.92 Å². The zero-order valence-electron chi connectivity index (χ0n) is 6.83. The molecule has 11 heavy (non-hydrogen) atoms. The zero-order valence-corrected chi connectivity index (χ0v) is 6.83. The van der Waals surface area contributed by atoms with Crippen LogP contribution < -0.4 is 0 Å². The first kappa shape index (κ1) is 10.4. The summed E-state index contributed by atoms with van der Waals surface area (Å²) in [5, 5.41) is 17.9. The van der Waals surface area contributed by atoms with E-state index in [9.17, 15) is 9.90 Å². The molecule has 0 spiro atoms. The van der Waals surface area contributed by atoms with Gasteiger partial charge in [-0.15, -0.1) is 0 Å². The number of carboxylic acid groups (broad SMARTS) is 1. The second kappa shape index (κ2) is 4.31. The van der Waals surface area contributed by atoms with Crippen molar-refractivity contribution >= 4 is 5.97 Å². The van der Waals surface area contributed by atoms with E-state index in [1.165, 1.54) is 7.11 Å². The lowest BCUT2D eigenvalue weighted by atomic mass is 9.98. The standard InChI is InChI=1S/C7H14O4/c1-3-7(10,5-11-2)4-6(8)9/h10H,3-5H2,1-2H3,(H,8,9). The van der Waals surface area contributed by atoms with E-state index in [1.807, 2.05) is 0 Å². The first-order chi connectivity index (χ1) is 5.04. The molecule has 0 aromatic carbocycles. The number of ether oxygens (including phenoxy) is 1. The van der Waals surface area contributed by atoms with E-state index in [-0.39, 0.29) is 13.0 Å². The van der Waals surface area contributed by atoms with E-state index in [0.29, 0.717) is 6.42 Å². The van der Waals surface area contributed by atoms with Crippen molar-refractivity contribution in [3.05, 3.63) is 0 Å². The SMILES string of the molecule is CCC(O)(COC)CC(=O)O. The zero-order chi connectivity index (χ0) is 8.91. The molecule has 0 fully saturated rings. The average Bonchev–Trinajstić information content (AvgIpc) is 1.87. The van der Waals surface area contributed by atoms with Crippen LogP contribution in [0.2, 0.25) is 0 Å². The second-order valence-corrected chi connectivity index (χ2v) is 2.58. The lowest BCUT2D eigenvalue weighted by Crippen LogP contribution is -2.35. The minimum atomic E-state index is -1.21. The molecule has 0 radical (unpaired) electrons. The monoisotopic (exact) mass is 162 g/mol. The van der Waals surface area contributed by atoms with Gasteiger partial charge in [-0.1, -0.05) is 6.92 Å². The van der Waals surface area contributed by atoms with Crippen molar-refractivity contribution in [3.8, 4) is 0 Å². The van der Waals surface area contributed by atoms with E-state index in [0.717, 1.165) is 0 Å². The molecule has 0 heterocycles. The van der Waals surface area contributed by atoms with Crippen molar-refractivity contribution in [1.29, 1.82) is 0 Å². The molecular weight excluding hydrogens is 148 g/mol. The Morgan fingerprint density at radius 3 is 2.45 bits per heavy atom. The number of rotatable bonds is 5. The number of hydrogen-bond donors (Lipinski definition) is 2. The lowest BCUT2D eigenvalue weighted by Gasteiger charge is -2.23. The number of aliphatic carboxylic acids is 1. The summed E-state index contributed by atoms with van der Waals surface area (Å²) in [6, 6.07) is 0. The Labute approximate surface area is 65.8 Å². The van der Waals surface area contributed by atoms with Gasteiger partial charge in [0.25, 0.3) is 0 Å². The largest absolute Gasteiger partial charge is 0.481 e. The Kier molecular flexibility index (Phi) is 4.07. The highest BCUT2D eigenvalue weighted by Gasteiger charge is 2.27. The maximum Gasteiger partial charge on any atom is 0.306 e. The molecule has 1 atom stereocenters. The second-order valence-electron chi connectivity index (χ2n) is 2.58. The Morgan fingerprint density at radius 1 is 1.64 bits per heavy atom. The fourth-order valence-electron chi connectivity index (χ4n) is 0.828. The normalized spacial score (nSPS) is 15.9. The molecule has 0 saturated heterocycles. The number of aliphatic hydroxyl groups is 1. The number of hydrogen-bond acceptors (Lipinski definition) is 3. The van der Waals surface area contributed by atoms with Gasteiger partial charge in [0.15, 0.2) is 0 Å². The van der Waals surface area contributed by atoms with E-state index in [4.69, 9.17) is 5.11 Å². The molecule has 0 aromatic rings. The summed E-state index contributed by atoms with van der Waals surface area (Å²) in [6.45, 7) is 1.79. The molecular formula is C7H14O4. The van der Waals surface area contributed by atoms with Crippen LogP contribution in [0.25, 0.3) is 0 Å². The fraction of sp³-hybridized carbons (Fsp3) is 0.857. The van der Waals surface area contributed by atoms with Crippen LogP contribution in [0.4, 0.5) is 0 Å². The molecule has 0 aliphatic heterocycles. The van der Waals surface area contributed by atoms with Gasteiger partial charge < -0.3 is 14.9 Å². The molecule has 0 saturated carbocycles. The van der Waals surface area contributed by atoms with Crippen LogP contribution in [-0.2, 0) is 9.53 Å². The van der Waals surface area contributed by atoms with Crippen LogP contribution in [0.1, 0.15) is 19.8 Å². The fourth-order valence-corrected chi connectivity index (χ4v) is 0.828. The molecule has 2 N–H and O–H groups in total. The van der Waals surface area contributed by atoms with Crippen molar-refractivity contribution in [1.82, 2.24) is 0 Å². The van der Waals surface area contributed by atoms with Gasteiger partial charge in [0.2, 0.25) is 0 Å². The Balaban J connectivity index is 3.98. The molecule has 4 heteroatoms. The van der Waals surface area contributed by atoms with Gasteiger partial charge in [0, 0.05) is 7.11 Å². The minimum absolute atomic E-state index is 0.0653. The van der Waals surface area contributed by atoms with Crippen LogP contribution in [0.15, 0.2) is 0 Å². The highest BCUT2D eigenvalue weighted by molar-refractivity contribution is 5.68. The minimum Gasteiger partial charge on any atom is -0.481 e. The highest BCUT2D eigenvalue weighted by atomic mass is 16.5. The van der Waals surface area contributed by atoms with Gasteiger partial charge in [-0.05, 0) is 6.42 Å². The molecule has 0 aliphatic carbocycles. The summed E-state index contributed by atoms with van der Waals surface area (Å²) < 4.78 is 4.69. The van der Waals surface area contributed by atoms with Crippen molar-refractivity contribution in [2.24, 2.45) is 0 Å². The average molecular weight is 162 g/mol. The summed E-state index contributed by atoms with van der Waals surface area (Å²) >= 11 is 0. The smallest absolute Gasteiger partial charge is 0.306 e. The Morgan fingerprint density at radius 2 is 2.18 bits per heavy atom. The first-order valence-electron chi connectivity index (χ1n) is 3.47. The molecule has 4 nitrogen and oxygen atoms in total. The van der Waals surface area contributed by atoms with Crippen LogP contribution in [0.5, 0.6) is 0 Å². The number of carbonyl (C=O) groups is 1. The van der Waals surface area contributed by atoms with Crippen LogP contribution >= 0.6 is 0 Å². The van der Waals surface area contributed by atoms with Gasteiger partial charge >= 0.3 is 5.97 Å². The molecule has 0 bridgehead atoms. The van der Waals surface area contributed by atoms with E-state index in [2.05, 4.69) is 4.74 Å². The topological polar surface area (TPSA) is 66.8 Å². The van der Waals surface area contributed by atoms with Crippen molar-refractivity contribution in [2.75, 3.05) is 13.7 Å². The summed E-state index contributed by atoms with van der Waals surface area (Å²) in [5.41, 5.74) is -1.21. The molecule has 0 aliphatic rings. The molecule has 1 unspecified atom stereocenters. The van der Waals surface area contributed by atoms with Crippen LogP contribution in [-0.4, -0.2) is 35.5 Å². The van der Waals surface area contributed by atoms with Gasteiger partial charge in [-0.25, -0.2) is 0 Å². The van der Waals surface area contributed by atoms with Crippen molar-refractivity contribution in [2.45, 2.75) is 25.4 Å². The van der Waals surface area contributed by atoms with Crippen molar-refractivity contribution < 1.29 is 19.7 Å². The Bertz CT molecular complexity index is 134. The van der Waals surface area contributed by atoms with Crippen LogP contribution in [0, 0.1) is 0 Å². The lowest BCUT2D eigenvalue weighted by molar-refractivity contribution is -0.145. The van der Waals surface area contributed by atoms with Gasteiger partial charge in [0.1, 0.15) is 0 Å². The number of carboxylic acids is 1. The van der Waals surface area contributed by atoms with Gasteiger partial charge in [-0.2, -0.15) is 0 Å².